The fraction of sp³-hybridized carbons (Fsp3) is 0.389. The van der Waals surface area contributed by atoms with Crippen molar-refractivity contribution in [2.45, 2.75) is 18.4 Å². The first-order valence-corrected chi connectivity index (χ1v) is 10.6. The number of carbonyl (C=O) groups excluding carboxylic acids is 2. The van der Waals surface area contributed by atoms with Crippen LogP contribution in [0.25, 0.3) is 0 Å². The second-order valence-corrected chi connectivity index (χ2v) is 8.38. The van der Waals surface area contributed by atoms with Gasteiger partial charge in [0.2, 0.25) is 5.91 Å². The Kier molecular flexibility index (Phi) is 6.70. The second-order valence-electron chi connectivity index (χ2n) is 6.30. The van der Waals surface area contributed by atoms with E-state index < -0.39 is 0 Å². The summed E-state index contributed by atoms with van der Waals surface area (Å²) in [5, 5.41) is 6.13. The number of para-hydroxylation sites is 1. The third-order valence-corrected chi connectivity index (χ3v) is 6.13. The lowest BCUT2D eigenvalue weighted by Crippen LogP contribution is -2.49. The molecular formula is C18H23N5O2S2. The van der Waals surface area contributed by atoms with Gasteiger partial charge in [-0.15, -0.1) is 23.1 Å². The highest BCUT2D eigenvalue weighted by Gasteiger charge is 2.22. The summed E-state index contributed by atoms with van der Waals surface area (Å²) in [7, 11) is 0. The van der Waals surface area contributed by atoms with Gasteiger partial charge >= 0.3 is 6.03 Å². The standard InChI is InChI=1S/C18H23N5O2S2/c1-13-20-14(11-26-13)10-22-6-8-23(9-7-22)18(25)21-15-4-2-3-5-16(15)27-12-17(19)24/h2-5,11H,6-10,12H2,1H3,(H2,19,24)(H,21,25). The number of urea groups is 1. The van der Waals surface area contributed by atoms with Gasteiger partial charge < -0.3 is 16.0 Å². The van der Waals surface area contributed by atoms with E-state index >= 15 is 0 Å². The molecule has 7 nitrogen and oxygen atoms in total. The van der Waals surface area contributed by atoms with Crippen molar-refractivity contribution in [3.63, 3.8) is 0 Å². The van der Waals surface area contributed by atoms with Gasteiger partial charge in [-0.25, -0.2) is 9.78 Å². The first-order chi connectivity index (χ1) is 13.0. The molecule has 3 N–H and O–H groups in total. The van der Waals surface area contributed by atoms with Crippen LogP contribution in [0.3, 0.4) is 0 Å². The molecular weight excluding hydrogens is 382 g/mol. The van der Waals surface area contributed by atoms with E-state index in [1.54, 1.807) is 11.3 Å². The van der Waals surface area contributed by atoms with E-state index in [-0.39, 0.29) is 17.7 Å². The predicted molar refractivity (Wildman–Crippen MR) is 109 cm³/mol. The lowest BCUT2D eigenvalue weighted by Gasteiger charge is -2.34. The van der Waals surface area contributed by atoms with E-state index in [4.69, 9.17) is 5.73 Å². The van der Waals surface area contributed by atoms with Gasteiger partial charge in [0.15, 0.2) is 0 Å². The number of nitrogens with one attached hydrogen (secondary N) is 1. The third-order valence-electron chi connectivity index (χ3n) is 4.21. The first-order valence-electron chi connectivity index (χ1n) is 8.70. The van der Waals surface area contributed by atoms with Gasteiger partial charge in [-0.1, -0.05) is 12.1 Å². The maximum absolute atomic E-state index is 12.6. The normalized spacial score (nSPS) is 14.9. The lowest BCUT2D eigenvalue weighted by atomic mass is 10.3. The molecule has 1 aromatic carbocycles. The summed E-state index contributed by atoms with van der Waals surface area (Å²) in [4.78, 5) is 33.1. The zero-order valence-corrected chi connectivity index (χ0v) is 16.8. The molecule has 9 heteroatoms. The van der Waals surface area contributed by atoms with Crippen LogP contribution in [0.1, 0.15) is 10.7 Å². The number of nitrogens with zero attached hydrogens (tertiary/aromatic N) is 3. The SMILES string of the molecule is Cc1nc(CN2CCN(C(=O)Nc3ccccc3SCC(N)=O)CC2)cs1. The minimum Gasteiger partial charge on any atom is -0.369 e. The number of amides is 3. The number of hydrogen-bond acceptors (Lipinski definition) is 6. The summed E-state index contributed by atoms with van der Waals surface area (Å²) < 4.78 is 0. The van der Waals surface area contributed by atoms with Crippen LogP contribution in [0.4, 0.5) is 10.5 Å². The molecule has 1 aromatic heterocycles. The molecule has 0 bridgehead atoms. The molecule has 1 fully saturated rings. The molecule has 0 radical (unpaired) electrons. The zero-order chi connectivity index (χ0) is 19.2. The smallest absolute Gasteiger partial charge is 0.321 e. The molecule has 2 aromatic rings. The van der Waals surface area contributed by atoms with Crippen molar-refractivity contribution >= 4 is 40.7 Å². The van der Waals surface area contributed by atoms with Gasteiger partial charge in [-0.05, 0) is 19.1 Å². The van der Waals surface area contributed by atoms with Gasteiger partial charge in [-0.3, -0.25) is 9.69 Å². The van der Waals surface area contributed by atoms with Gasteiger partial charge in [0.25, 0.3) is 0 Å². The summed E-state index contributed by atoms with van der Waals surface area (Å²) in [6, 6.07) is 7.32. The molecule has 1 aliphatic rings. The van der Waals surface area contributed by atoms with Gasteiger partial charge in [0, 0.05) is 43.0 Å². The van der Waals surface area contributed by atoms with Crippen molar-refractivity contribution in [2.24, 2.45) is 5.73 Å². The fourth-order valence-corrected chi connectivity index (χ4v) is 4.21. The van der Waals surface area contributed by atoms with Gasteiger partial charge in [-0.2, -0.15) is 0 Å². The van der Waals surface area contributed by atoms with Gasteiger partial charge in [0.05, 0.1) is 22.1 Å². The molecule has 3 amide bonds. The first kappa shape index (κ1) is 19.7. The van der Waals surface area contributed by atoms with Crippen molar-refractivity contribution in [2.75, 3.05) is 37.2 Å². The number of thiazole rings is 1. The monoisotopic (exact) mass is 405 g/mol. The number of carbonyl (C=O) groups is 2. The van der Waals surface area contributed by atoms with Crippen LogP contribution in [0, 0.1) is 6.92 Å². The molecule has 0 saturated carbocycles. The number of aryl methyl sites for hydroxylation is 1. The van der Waals surface area contributed by atoms with Crippen LogP contribution in [-0.2, 0) is 11.3 Å². The van der Waals surface area contributed by atoms with E-state index in [9.17, 15) is 9.59 Å². The topological polar surface area (TPSA) is 91.6 Å². The third kappa shape index (κ3) is 5.69. The highest BCUT2D eigenvalue weighted by atomic mass is 32.2. The van der Waals surface area contributed by atoms with Crippen LogP contribution >= 0.6 is 23.1 Å². The summed E-state index contributed by atoms with van der Waals surface area (Å²) in [5.41, 5.74) is 7.01. The highest BCUT2D eigenvalue weighted by Crippen LogP contribution is 2.27. The quantitative estimate of drug-likeness (QED) is 0.720. The van der Waals surface area contributed by atoms with Crippen LogP contribution in [-0.4, -0.2) is 58.7 Å². The summed E-state index contributed by atoms with van der Waals surface area (Å²) >= 11 is 2.99. The van der Waals surface area contributed by atoms with E-state index in [0.717, 1.165) is 35.2 Å². The largest absolute Gasteiger partial charge is 0.369 e. The number of primary amides is 1. The number of hydrogen-bond donors (Lipinski definition) is 2. The lowest BCUT2D eigenvalue weighted by molar-refractivity contribution is -0.115. The molecule has 2 heterocycles. The van der Waals surface area contributed by atoms with E-state index in [1.807, 2.05) is 36.1 Å². The van der Waals surface area contributed by atoms with Crippen LogP contribution in [0.5, 0.6) is 0 Å². The fourth-order valence-electron chi connectivity index (χ4n) is 2.86. The van der Waals surface area contributed by atoms with Crippen molar-refractivity contribution in [1.29, 1.82) is 0 Å². The van der Waals surface area contributed by atoms with E-state index in [2.05, 4.69) is 20.6 Å². The Hall–Kier alpha value is -2.10. The van der Waals surface area contributed by atoms with Crippen molar-refractivity contribution in [3.05, 3.63) is 40.3 Å². The predicted octanol–water partition coefficient (Wildman–Crippen LogP) is 2.38. The van der Waals surface area contributed by atoms with Crippen molar-refractivity contribution in [1.82, 2.24) is 14.8 Å². The van der Waals surface area contributed by atoms with E-state index in [0.29, 0.717) is 18.8 Å². The van der Waals surface area contributed by atoms with Crippen molar-refractivity contribution < 1.29 is 9.59 Å². The minimum atomic E-state index is -0.382. The number of rotatable bonds is 6. The molecule has 1 saturated heterocycles. The molecule has 0 unspecified atom stereocenters. The number of aromatic nitrogens is 1. The van der Waals surface area contributed by atoms with Gasteiger partial charge in [0.1, 0.15) is 0 Å². The summed E-state index contributed by atoms with van der Waals surface area (Å²) in [6.45, 7) is 5.82. The Labute approximate surface area is 166 Å². The van der Waals surface area contributed by atoms with E-state index in [1.165, 1.54) is 11.8 Å². The molecule has 1 aliphatic heterocycles. The molecule has 3 rings (SSSR count). The Morgan fingerprint density at radius 1 is 1.26 bits per heavy atom. The second kappa shape index (κ2) is 9.20. The highest BCUT2D eigenvalue weighted by molar-refractivity contribution is 8.00. The average Bonchev–Trinajstić information content (AvgIpc) is 3.06. The molecule has 144 valence electrons. The Morgan fingerprint density at radius 2 is 2.00 bits per heavy atom. The Balaban J connectivity index is 1.52. The summed E-state index contributed by atoms with van der Waals surface area (Å²) in [5.74, 6) is -0.200. The zero-order valence-electron chi connectivity index (χ0n) is 15.2. The Morgan fingerprint density at radius 3 is 2.67 bits per heavy atom. The summed E-state index contributed by atoms with van der Waals surface area (Å²) in [6.07, 6.45) is 0. The number of nitrogens with two attached hydrogens (primary N) is 1. The number of piperazine rings is 1. The maximum Gasteiger partial charge on any atom is 0.321 e. The number of anilines is 1. The molecule has 27 heavy (non-hydrogen) atoms. The molecule has 0 aliphatic carbocycles. The number of benzene rings is 1. The van der Waals surface area contributed by atoms with Crippen LogP contribution in [0.15, 0.2) is 34.5 Å². The number of thioether (sulfide) groups is 1. The van der Waals surface area contributed by atoms with Crippen LogP contribution in [0.2, 0.25) is 0 Å². The average molecular weight is 406 g/mol. The van der Waals surface area contributed by atoms with Crippen LogP contribution < -0.4 is 11.1 Å². The maximum atomic E-state index is 12.6. The Bertz CT molecular complexity index is 803. The molecule has 0 spiro atoms. The molecule has 0 atom stereocenters. The minimum absolute atomic E-state index is 0.119. The van der Waals surface area contributed by atoms with Crippen molar-refractivity contribution in [3.8, 4) is 0 Å².